The van der Waals surface area contributed by atoms with Crippen LogP contribution < -0.4 is 5.32 Å². The molecule has 0 saturated heterocycles. The highest BCUT2D eigenvalue weighted by atomic mass is 19.1. The lowest BCUT2D eigenvalue weighted by Gasteiger charge is -2.15. The fraction of sp³-hybridized carbons (Fsp3) is 0.211. The van der Waals surface area contributed by atoms with Crippen molar-refractivity contribution in [2.45, 2.75) is 26.4 Å². The SMILES string of the molecule is CCC(OC(=O)c1cn2ccc(C)cc2n1)C(=O)Nc1ccc(F)cc1. The normalized spacial score (nSPS) is 12.0. The van der Waals surface area contributed by atoms with E-state index in [2.05, 4.69) is 10.3 Å². The Labute approximate surface area is 149 Å². The Kier molecular flexibility index (Phi) is 4.97. The quantitative estimate of drug-likeness (QED) is 0.713. The monoisotopic (exact) mass is 355 g/mol. The number of rotatable bonds is 5. The van der Waals surface area contributed by atoms with Crippen molar-refractivity contribution in [3.8, 4) is 0 Å². The van der Waals surface area contributed by atoms with E-state index in [-0.39, 0.29) is 5.69 Å². The molecule has 2 heterocycles. The highest BCUT2D eigenvalue weighted by molar-refractivity contribution is 5.97. The number of carbonyl (C=O) groups is 2. The number of carbonyl (C=O) groups excluding carboxylic acids is 2. The molecule has 3 aromatic rings. The summed E-state index contributed by atoms with van der Waals surface area (Å²) in [4.78, 5) is 28.9. The van der Waals surface area contributed by atoms with Gasteiger partial charge in [-0.25, -0.2) is 14.2 Å². The predicted octanol–water partition coefficient (Wildman–Crippen LogP) is 3.36. The molecule has 7 heteroatoms. The summed E-state index contributed by atoms with van der Waals surface area (Å²) in [5.41, 5.74) is 2.20. The molecule has 0 saturated carbocycles. The van der Waals surface area contributed by atoms with Crippen LogP contribution in [0.2, 0.25) is 0 Å². The van der Waals surface area contributed by atoms with Gasteiger partial charge >= 0.3 is 5.97 Å². The lowest BCUT2D eigenvalue weighted by atomic mass is 10.2. The van der Waals surface area contributed by atoms with E-state index in [1.165, 1.54) is 24.3 Å². The molecule has 1 unspecified atom stereocenters. The summed E-state index contributed by atoms with van der Waals surface area (Å²) in [5, 5.41) is 2.60. The maximum Gasteiger partial charge on any atom is 0.359 e. The predicted molar refractivity (Wildman–Crippen MR) is 94.5 cm³/mol. The topological polar surface area (TPSA) is 72.7 Å². The van der Waals surface area contributed by atoms with Crippen molar-refractivity contribution >= 4 is 23.2 Å². The molecule has 0 spiro atoms. The number of esters is 1. The van der Waals surface area contributed by atoms with Crippen molar-refractivity contribution in [1.29, 1.82) is 0 Å². The van der Waals surface area contributed by atoms with Gasteiger partial charge in [0.25, 0.3) is 5.91 Å². The van der Waals surface area contributed by atoms with Crippen LogP contribution in [0.5, 0.6) is 0 Å². The standard InChI is InChI=1S/C19H18FN3O3/c1-3-16(18(24)21-14-6-4-13(20)5-7-14)26-19(25)15-11-23-9-8-12(2)10-17(23)22-15/h4-11,16H,3H2,1-2H3,(H,21,24). The lowest BCUT2D eigenvalue weighted by molar-refractivity contribution is -0.124. The summed E-state index contributed by atoms with van der Waals surface area (Å²) in [6.45, 7) is 3.66. The van der Waals surface area contributed by atoms with E-state index in [1.54, 1.807) is 23.7 Å². The molecule has 1 N–H and O–H groups in total. The number of halogens is 1. The number of amides is 1. The zero-order valence-corrected chi connectivity index (χ0v) is 14.4. The third kappa shape index (κ3) is 3.88. The van der Waals surface area contributed by atoms with Crippen LogP contribution in [0.15, 0.2) is 48.8 Å². The van der Waals surface area contributed by atoms with Crippen molar-refractivity contribution in [3.05, 3.63) is 65.9 Å². The van der Waals surface area contributed by atoms with E-state index in [4.69, 9.17) is 4.74 Å². The lowest BCUT2D eigenvalue weighted by Crippen LogP contribution is -2.32. The molecule has 0 aliphatic heterocycles. The number of nitrogens with zero attached hydrogens (tertiary/aromatic N) is 2. The molecule has 0 radical (unpaired) electrons. The third-order valence-corrected chi connectivity index (χ3v) is 3.85. The molecule has 1 amide bonds. The van der Waals surface area contributed by atoms with Crippen molar-refractivity contribution in [2.24, 2.45) is 0 Å². The average molecular weight is 355 g/mol. The number of aryl methyl sites for hydroxylation is 1. The number of hydrogen-bond donors (Lipinski definition) is 1. The van der Waals surface area contributed by atoms with Gasteiger partial charge in [-0.05, 0) is 55.3 Å². The smallest absolute Gasteiger partial charge is 0.359 e. The molecule has 0 aliphatic carbocycles. The number of ether oxygens (including phenoxy) is 1. The van der Waals surface area contributed by atoms with Crippen LogP contribution in [0.4, 0.5) is 10.1 Å². The van der Waals surface area contributed by atoms with Crippen molar-refractivity contribution < 1.29 is 18.7 Å². The summed E-state index contributed by atoms with van der Waals surface area (Å²) in [6, 6.07) is 9.09. The van der Waals surface area contributed by atoms with Gasteiger partial charge in [0.05, 0.1) is 0 Å². The van der Waals surface area contributed by atoms with E-state index in [9.17, 15) is 14.0 Å². The first kappa shape index (κ1) is 17.6. The van der Waals surface area contributed by atoms with Crippen molar-refractivity contribution in [1.82, 2.24) is 9.38 Å². The average Bonchev–Trinajstić information content (AvgIpc) is 3.04. The number of aromatic nitrogens is 2. The van der Waals surface area contributed by atoms with Gasteiger partial charge in [0.15, 0.2) is 11.8 Å². The summed E-state index contributed by atoms with van der Waals surface area (Å²) >= 11 is 0. The molecular weight excluding hydrogens is 337 g/mol. The minimum atomic E-state index is -0.973. The third-order valence-electron chi connectivity index (χ3n) is 3.85. The van der Waals surface area contributed by atoms with E-state index in [1.807, 2.05) is 19.1 Å². The first-order chi connectivity index (χ1) is 12.5. The number of pyridine rings is 1. The molecule has 0 bridgehead atoms. The number of anilines is 1. The summed E-state index contributed by atoms with van der Waals surface area (Å²) in [6.07, 6.45) is 2.68. The van der Waals surface area contributed by atoms with E-state index < -0.39 is 23.8 Å². The summed E-state index contributed by atoms with van der Waals surface area (Å²) in [5.74, 6) is -1.55. The first-order valence-corrected chi connectivity index (χ1v) is 8.19. The molecule has 1 atom stereocenters. The molecule has 134 valence electrons. The van der Waals surface area contributed by atoms with Gasteiger partial charge in [0.1, 0.15) is 11.5 Å². The van der Waals surface area contributed by atoms with Gasteiger partial charge < -0.3 is 14.5 Å². The van der Waals surface area contributed by atoms with Gasteiger partial charge in [-0.3, -0.25) is 4.79 Å². The van der Waals surface area contributed by atoms with Crippen LogP contribution in [-0.4, -0.2) is 27.4 Å². The van der Waals surface area contributed by atoms with Crippen LogP contribution >= 0.6 is 0 Å². The maximum atomic E-state index is 12.9. The van der Waals surface area contributed by atoms with Crippen LogP contribution in [0.3, 0.4) is 0 Å². The second-order valence-electron chi connectivity index (χ2n) is 5.89. The van der Waals surface area contributed by atoms with Crippen molar-refractivity contribution in [3.63, 3.8) is 0 Å². The van der Waals surface area contributed by atoms with Gasteiger partial charge in [-0.15, -0.1) is 0 Å². The maximum absolute atomic E-state index is 12.9. The van der Waals surface area contributed by atoms with Gasteiger partial charge in [-0.1, -0.05) is 6.92 Å². The largest absolute Gasteiger partial charge is 0.447 e. The minimum absolute atomic E-state index is 0.128. The highest BCUT2D eigenvalue weighted by Gasteiger charge is 2.23. The van der Waals surface area contributed by atoms with Crippen LogP contribution in [0.1, 0.15) is 29.4 Å². The molecule has 3 rings (SSSR count). The molecule has 2 aromatic heterocycles. The molecule has 6 nitrogen and oxygen atoms in total. The molecule has 1 aromatic carbocycles. The Bertz CT molecular complexity index is 950. The second-order valence-corrected chi connectivity index (χ2v) is 5.89. The number of imidazole rings is 1. The molecule has 26 heavy (non-hydrogen) atoms. The Balaban J connectivity index is 1.70. The number of hydrogen-bond acceptors (Lipinski definition) is 4. The molecule has 0 aliphatic rings. The summed E-state index contributed by atoms with van der Waals surface area (Å²) in [7, 11) is 0. The van der Waals surface area contributed by atoms with Crippen molar-refractivity contribution in [2.75, 3.05) is 5.32 Å². The Morgan fingerprint density at radius 3 is 2.69 bits per heavy atom. The zero-order valence-electron chi connectivity index (χ0n) is 14.4. The van der Waals surface area contributed by atoms with Gasteiger partial charge in [0.2, 0.25) is 0 Å². The highest BCUT2D eigenvalue weighted by Crippen LogP contribution is 2.13. The summed E-state index contributed by atoms with van der Waals surface area (Å²) < 4.78 is 19.9. The van der Waals surface area contributed by atoms with Gasteiger partial charge in [0, 0.05) is 18.1 Å². The second kappa shape index (κ2) is 7.35. The Morgan fingerprint density at radius 2 is 2.00 bits per heavy atom. The molecular formula is C19H18FN3O3. The van der Waals surface area contributed by atoms with Crippen LogP contribution in [-0.2, 0) is 9.53 Å². The van der Waals surface area contributed by atoms with Gasteiger partial charge in [-0.2, -0.15) is 0 Å². The number of nitrogens with one attached hydrogen (secondary N) is 1. The fourth-order valence-corrected chi connectivity index (χ4v) is 2.45. The Hall–Kier alpha value is -3.22. The minimum Gasteiger partial charge on any atom is -0.447 e. The Morgan fingerprint density at radius 1 is 1.27 bits per heavy atom. The molecule has 0 fully saturated rings. The fourth-order valence-electron chi connectivity index (χ4n) is 2.45. The van der Waals surface area contributed by atoms with E-state index in [0.717, 1.165) is 5.56 Å². The zero-order chi connectivity index (χ0) is 18.7. The number of benzene rings is 1. The van der Waals surface area contributed by atoms with Crippen LogP contribution in [0, 0.1) is 12.7 Å². The van der Waals surface area contributed by atoms with Crippen LogP contribution in [0.25, 0.3) is 5.65 Å². The van der Waals surface area contributed by atoms with E-state index in [0.29, 0.717) is 17.8 Å². The number of fused-ring (bicyclic) bond motifs is 1. The van der Waals surface area contributed by atoms with E-state index >= 15 is 0 Å². The first-order valence-electron chi connectivity index (χ1n) is 8.19.